The van der Waals surface area contributed by atoms with Crippen molar-refractivity contribution in [1.82, 2.24) is 9.97 Å². The van der Waals surface area contributed by atoms with Gasteiger partial charge in [0.15, 0.2) is 0 Å². The molecule has 0 radical (unpaired) electrons. The minimum Gasteiger partial charge on any atom is -0.258 e. The highest BCUT2D eigenvalue weighted by atomic mass is 35.5. The number of aromatic nitrogens is 2. The van der Waals surface area contributed by atoms with Gasteiger partial charge < -0.3 is 0 Å². The van der Waals surface area contributed by atoms with Crippen LogP contribution < -0.4 is 0 Å². The van der Waals surface area contributed by atoms with Crippen LogP contribution in [0.3, 0.4) is 0 Å². The standard InChI is InChI=1S/C14H14ClN3O2S/c1-8(2)13-16-12(15)9(3)14(17-13)21-11-7-5-4-6-10(11)18(19)20/h4-8H,1-3H3. The molecule has 1 aromatic heterocycles. The van der Waals surface area contributed by atoms with Crippen LogP contribution in [0.5, 0.6) is 0 Å². The van der Waals surface area contributed by atoms with Crippen molar-refractivity contribution in [2.24, 2.45) is 0 Å². The molecule has 0 aliphatic heterocycles. The maximum absolute atomic E-state index is 11.1. The zero-order chi connectivity index (χ0) is 15.6. The Balaban J connectivity index is 2.47. The van der Waals surface area contributed by atoms with Crippen molar-refractivity contribution in [1.29, 1.82) is 0 Å². The van der Waals surface area contributed by atoms with Crippen LogP contribution in [0.15, 0.2) is 34.2 Å². The Hall–Kier alpha value is -1.66. The molecule has 21 heavy (non-hydrogen) atoms. The largest absolute Gasteiger partial charge is 0.283 e. The number of hydrogen-bond donors (Lipinski definition) is 0. The molecule has 0 bridgehead atoms. The van der Waals surface area contributed by atoms with Gasteiger partial charge in [-0.05, 0) is 13.0 Å². The summed E-state index contributed by atoms with van der Waals surface area (Å²) in [6.07, 6.45) is 0. The van der Waals surface area contributed by atoms with Gasteiger partial charge in [0, 0.05) is 17.5 Å². The van der Waals surface area contributed by atoms with Gasteiger partial charge in [0.05, 0.1) is 9.82 Å². The van der Waals surface area contributed by atoms with E-state index in [4.69, 9.17) is 11.6 Å². The lowest BCUT2D eigenvalue weighted by atomic mass is 10.2. The smallest absolute Gasteiger partial charge is 0.258 e. The Morgan fingerprint density at radius 2 is 1.95 bits per heavy atom. The fourth-order valence-electron chi connectivity index (χ4n) is 1.64. The number of halogens is 1. The first-order chi connectivity index (χ1) is 9.90. The van der Waals surface area contributed by atoms with Gasteiger partial charge in [-0.25, -0.2) is 9.97 Å². The summed E-state index contributed by atoms with van der Waals surface area (Å²) in [7, 11) is 0. The summed E-state index contributed by atoms with van der Waals surface area (Å²) in [5.41, 5.74) is 0.784. The second-order valence-corrected chi connectivity index (χ2v) is 6.17. The van der Waals surface area contributed by atoms with E-state index in [1.165, 1.54) is 17.8 Å². The SMILES string of the molecule is Cc1c(Cl)nc(C(C)C)nc1Sc1ccccc1[N+](=O)[O-]. The molecule has 0 saturated carbocycles. The number of nitro groups is 1. The van der Waals surface area contributed by atoms with E-state index in [0.717, 1.165) is 5.56 Å². The van der Waals surface area contributed by atoms with Gasteiger partial charge in [0.1, 0.15) is 16.0 Å². The van der Waals surface area contributed by atoms with E-state index >= 15 is 0 Å². The normalized spacial score (nSPS) is 10.9. The lowest BCUT2D eigenvalue weighted by Crippen LogP contribution is -2.02. The van der Waals surface area contributed by atoms with E-state index in [1.54, 1.807) is 18.2 Å². The van der Waals surface area contributed by atoms with Crippen LogP contribution in [0.25, 0.3) is 0 Å². The second-order valence-electron chi connectivity index (χ2n) is 4.78. The molecule has 2 rings (SSSR count). The van der Waals surface area contributed by atoms with Gasteiger partial charge in [0.25, 0.3) is 5.69 Å². The molecule has 0 spiro atoms. The van der Waals surface area contributed by atoms with Crippen molar-refractivity contribution in [3.8, 4) is 0 Å². The average molecular weight is 324 g/mol. The predicted molar refractivity (Wildman–Crippen MR) is 83.1 cm³/mol. The Morgan fingerprint density at radius 1 is 1.29 bits per heavy atom. The van der Waals surface area contributed by atoms with E-state index in [-0.39, 0.29) is 11.6 Å². The highest BCUT2D eigenvalue weighted by Crippen LogP contribution is 2.36. The molecule has 0 N–H and O–H groups in total. The summed E-state index contributed by atoms with van der Waals surface area (Å²) in [5.74, 6) is 0.764. The van der Waals surface area contributed by atoms with Crippen LogP contribution in [0.4, 0.5) is 5.69 Å². The molecule has 0 aliphatic carbocycles. The van der Waals surface area contributed by atoms with E-state index < -0.39 is 4.92 Å². The molecule has 7 heteroatoms. The van der Waals surface area contributed by atoms with Crippen molar-refractivity contribution in [2.75, 3.05) is 0 Å². The lowest BCUT2D eigenvalue weighted by Gasteiger charge is -2.10. The van der Waals surface area contributed by atoms with Gasteiger partial charge in [-0.3, -0.25) is 10.1 Å². The van der Waals surface area contributed by atoms with Gasteiger partial charge >= 0.3 is 0 Å². The van der Waals surface area contributed by atoms with Crippen LogP contribution >= 0.6 is 23.4 Å². The monoisotopic (exact) mass is 323 g/mol. The quantitative estimate of drug-likeness (QED) is 0.466. The van der Waals surface area contributed by atoms with Gasteiger partial charge in [0.2, 0.25) is 0 Å². The van der Waals surface area contributed by atoms with Crippen molar-refractivity contribution >= 4 is 29.1 Å². The molecule has 2 aromatic rings. The minimum atomic E-state index is -0.399. The van der Waals surface area contributed by atoms with E-state index in [9.17, 15) is 10.1 Å². The Kier molecular flexibility index (Phi) is 4.80. The number of rotatable bonds is 4. The molecule has 110 valence electrons. The summed E-state index contributed by atoms with van der Waals surface area (Å²) in [4.78, 5) is 19.9. The van der Waals surface area contributed by atoms with Gasteiger partial charge in [-0.2, -0.15) is 0 Å². The summed E-state index contributed by atoms with van der Waals surface area (Å²) in [5, 5.41) is 12.1. The first kappa shape index (κ1) is 15.7. The number of para-hydroxylation sites is 1. The molecule has 1 aromatic carbocycles. The van der Waals surface area contributed by atoms with Crippen LogP contribution in [0, 0.1) is 17.0 Å². The fourth-order valence-corrected chi connectivity index (χ4v) is 2.86. The molecule has 0 unspecified atom stereocenters. The van der Waals surface area contributed by atoms with Gasteiger partial charge in [-0.15, -0.1) is 0 Å². The first-order valence-electron chi connectivity index (χ1n) is 6.35. The molecule has 0 saturated heterocycles. The maximum atomic E-state index is 11.1. The Labute approximate surface area is 131 Å². The highest BCUT2D eigenvalue weighted by Gasteiger charge is 2.18. The van der Waals surface area contributed by atoms with Crippen molar-refractivity contribution < 1.29 is 4.92 Å². The van der Waals surface area contributed by atoms with Crippen LogP contribution in [-0.4, -0.2) is 14.9 Å². The first-order valence-corrected chi connectivity index (χ1v) is 7.55. The summed E-state index contributed by atoms with van der Waals surface area (Å²) >= 11 is 7.37. The third-order valence-corrected chi connectivity index (χ3v) is 4.37. The van der Waals surface area contributed by atoms with E-state index in [0.29, 0.717) is 20.9 Å². The van der Waals surface area contributed by atoms with Crippen LogP contribution in [-0.2, 0) is 0 Å². The third-order valence-electron chi connectivity index (χ3n) is 2.84. The minimum absolute atomic E-state index is 0.0581. The topological polar surface area (TPSA) is 68.9 Å². The van der Waals surface area contributed by atoms with Crippen molar-refractivity contribution in [3.63, 3.8) is 0 Å². The highest BCUT2D eigenvalue weighted by molar-refractivity contribution is 7.99. The Morgan fingerprint density at radius 3 is 2.57 bits per heavy atom. The maximum Gasteiger partial charge on any atom is 0.283 e. The summed E-state index contributed by atoms with van der Waals surface area (Å²) in [6, 6.07) is 6.58. The number of nitrogens with zero attached hydrogens (tertiary/aromatic N) is 3. The lowest BCUT2D eigenvalue weighted by molar-refractivity contribution is -0.387. The zero-order valence-electron chi connectivity index (χ0n) is 11.8. The van der Waals surface area contributed by atoms with Crippen LogP contribution in [0.2, 0.25) is 5.15 Å². The summed E-state index contributed by atoms with van der Waals surface area (Å²) < 4.78 is 0. The molecule has 0 amide bonds. The molecular weight excluding hydrogens is 310 g/mol. The van der Waals surface area contributed by atoms with Crippen molar-refractivity contribution in [2.45, 2.75) is 36.6 Å². The molecule has 0 fully saturated rings. The molecule has 1 heterocycles. The van der Waals surface area contributed by atoms with Crippen LogP contribution in [0.1, 0.15) is 31.2 Å². The van der Waals surface area contributed by atoms with Crippen molar-refractivity contribution in [3.05, 3.63) is 50.9 Å². The number of hydrogen-bond acceptors (Lipinski definition) is 5. The number of nitro benzene ring substituents is 1. The molecule has 0 atom stereocenters. The molecule has 0 aliphatic rings. The van der Waals surface area contributed by atoms with E-state index in [2.05, 4.69) is 9.97 Å². The fraction of sp³-hybridized carbons (Fsp3) is 0.286. The Bertz CT molecular complexity index is 692. The number of benzene rings is 1. The third kappa shape index (κ3) is 3.51. The second kappa shape index (κ2) is 6.41. The van der Waals surface area contributed by atoms with E-state index in [1.807, 2.05) is 20.8 Å². The average Bonchev–Trinajstić information content (AvgIpc) is 2.43. The molecule has 5 nitrogen and oxygen atoms in total. The zero-order valence-corrected chi connectivity index (χ0v) is 13.4. The summed E-state index contributed by atoms with van der Waals surface area (Å²) in [6.45, 7) is 5.75. The van der Waals surface area contributed by atoms with Gasteiger partial charge in [-0.1, -0.05) is 49.3 Å². The predicted octanol–water partition coefficient (Wildman–Crippen LogP) is 4.62. The molecular formula is C14H14ClN3O2S.